The smallest absolute Gasteiger partial charge is 0.331 e. The van der Waals surface area contributed by atoms with Crippen molar-refractivity contribution in [3.63, 3.8) is 0 Å². The molecule has 0 radical (unpaired) electrons. The van der Waals surface area contributed by atoms with Crippen molar-refractivity contribution in [1.29, 1.82) is 0 Å². The highest BCUT2D eigenvalue weighted by molar-refractivity contribution is 5.96. The number of nitrogens with zero attached hydrogens (tertiary/aromatic N) is 1. The number of ether oxygens (including phenoxy) is 1. The number of halogens is 1. The summed E-state index contributed by atoms with van der Waals surface area (Å²) in [6.07, 6.45) is 1.43. The van der Waals surface area contributed by atoms with Gasteiger partial charge in [-0.3, -0.25) is 4.79 Å². The van der Waals surface area contributed by atoms with Crippen molar-refractivity contribution in [3.05, 3.63) is 65.8 Å². The van der Waals surface area contributed by atoms with E-state index in [0.29, 0.717) is 16.7 Å². The van der Waals surface area contributed by atoms with Crippen molar-refractivity contribution in [1.82, 2.24) is 4.98 Å². The van der Waals surface area contributed by atoms with E-state index in [1.807, 2.05) is 12.1 Å². The molecule has 0 spiro atoms. The quantitative estimate of drug-likeness (QED) is 0.546. The van der Waals surface area contributed by atoms with Crippen molar-refractivity contribution in [2.75, 3.05) is 5.32 Å². The maximum absolute atomic E-state index is 13.5. The average molecular weight is 368 g/mol. The predicted molar refractivity (Wildman–Crippen MR) is 98.4 cm³/mol. The second-order valence-corrected chi connectivity index (χ2v) is 5.89. The lowest BCUT2D eigenvalue weighted by molar-refractivity contribution is -0.148. The zero-order valence-electron chi connectivity index (χ0n) is 14.7. The Morgan fingerprint density at radius 1 is 1.26 bits per heavy atom. The van der Waals surface area contributed by atoms with Crippen LogP contribution in [0.25, 0.3) is 17.2 Å². The van der Waals surface area contributed by atoms with Gasteiger partial charge in [0.15, 0.2) is 11.7 Å². The molecule has 0 unspecified atom stereocenters. The molecular weight excluding hydrogens is 351 g/mol. The van der Waals surface area contributed by atoms with Gasteiger partial charge in [-0.1, -0.05) is 18.2 Å². The first-order valence-electron chi connectivity index (χ1n) is 8.23. The summed E-state index contributed by atoms with van der Waals surface area (Å²) >= 11 is 0. The number of carbonyl (C=O) groups excluding carboxylic acids is 2. The number of esters is 1. The van der Waals surface area contributed by atoms with Crippen molar-refractivity contribution in [3.8, 4) is 0 Å². The number of aromatic nitrogens is 1. The number of amides is 1. The lowest BCUT2D eigenvalue weighted by atomic mass is 10.2. The minimum absolute atomic E-state index is 0.250. The maximum atomic E-state index is 13.5. The van der Waals surface area contributed by atoms with Gasteiger partial charge in [-0.25, -0.2) is 14.2 Å². The molecule has 0 fully saturated rings. The van der Waals surface area contributed by atoms with E-state index < -0.39 is 23.8 Å². The summed E-state index contributed by atoms with van der Waals surface area (Å²) in [5.41, 5.74) is 2.03. The molecule has 1 amide bonds. The Morgan fingerprint density at radius 3 is 2.78 bits per heavy atom. The van der Waals surface area contributed by atoms with E-state index in [1.165, 1.54) is 19.1 Å². The Hall–Kier alpha value is -3.48. The second kappa shape index (κ2) is 7.82. The van der Waals surface area contributed by atoms with Crippen LogP contribution in [0.5, 0.6) is 0 Å². The van der Waals surface area contributed by atoms with E-state index in [0.717, 1.165) is 6.08 Å². The van der Waals surface area contributed by atoms with Crippen LogP contribution in [0.4, 0.5) is 10.1 Å². The topological polar surface area (TPSA) is 81.4 Å². The molecule has 3 aromatic rings. The van der Waals surface area contributed by atoms with Gasteiger partial charge in [0.05, 0.1) is 0 Å². The number of carbonyl (C=O) groups is 2. The first-order valence-corrected chi connectivity index (χ1v) is 8.23. The molecule has 2 aromatic carbocycles. The number of benzene rings is 2. The first-order chi connectivity index (χ1) is 12.9. The predicted octanol–water partition coefficient (Wildman–Crippen LogP) is 3.86. The summed E-state index contributed by atoms with van der Waals surface area (Å²) in [7, 11) is 0. The number of anilines is 1. The molecule has 0 saturated heterocycles. The third-order valence-corrected chi connectivity index (χ3v) is 3.77. The molecule has 138 valence electrons. The Labute approximate surface area is 154 Å². The van der Waals surface area contributed by atoms with Gasteiger partial charge in [0.2, 0.25) is 5.89 Å². The highest BCUT2D eigenvalue weighted by Gasteiger charge is 2.17. The molecule has 7 heteroatoms. The molecule has 27 heavy (non-hydrogen) atoms. The number of aryl methyl sites for hydroxylation is 1. The number of para-hydroxylation sites is 2. The van der Waals surface area contributed by atoms with E-state index in [4.69, 9.17) is 9.15 Å². The van der Waals surface area contributed by atoms with Gasteiger partial charge in [-0.2, -0.15) is 0 Å². The van der Waals surface area contributed by atoms with E-state index in [-0.39, 0.29) is 11.6 Å². The molecule has 0 aliphatic carbocycles. The van der Waals surface area contributed by atoms with Crippen LogP contribution in [-0.2, 0) is 14.3 Å². The highest BCUT2D eigenvalue weighted by atomic mass is 19.1. The highest BCUT2D eigenvalue weighted by Crippen LogP contribution is 2.16. The van der Waals surface area contributed by atoms with Crippen molar-refractivity contribution < 1.29 is 23.1 Å². The number of rotatable bonds is 5. The van der Waals surface area contributed by atoms with Crippen LogP contribution < -0.4 is 5.32 Å². The number of hydrogen-bond donors (Lipinski definition) is 1. The van der Waals surface area contributed by atoms with E-state index in [1.54, 1.807) is 31.2 Å². The fraction of sp³-hybridized carbons (Fsp3) is 0.150. The molecular formula is C20H17FN2O4. The van der Waals surface area contributed by atoms with Gasteiger partial charge in [-0.05, 0) is 43.7 Å². The molecule has 0 aliphatic rings. The standard InChI is InChI=1S/C20H17FN2O4/c1-12-7-8-14(11-15(12)21)22-20(25)13(2)26-19(24)10-9-18-23-16-5-3-4-6-17(16)27-18/h3-11,13H,1-2H3,(H,22,25)/b10-9+/t13-/m0/s1. The van der Waals surface area contributed by atoms with Crippen LogP contribution in [0.3, 0.4) is 0 Å². The zero-order valence-corrected chi connectivity index (χ0v) is 14.7. The van der Waals surface area contributed by atoms with Gasteiger partial charge < -0.3 is 14.5 Å². The molecule has 1 N–H and O–H groups in total. The molecule has 1 atom stereocenters. The lowest BCUT2D eigenvalue weighted by Crippen LogP contribution is -2.29. The van der Waals surface area contributed by atoms with Crippen LogP contribution in [0.15, 0.2) is 53.0 Å². The summed E-state index contributed by atoms with van der Waals surface area (Å²) in [5.74, 6) is -1.48. The number of nitrogens with one attached hydrogen (secondary N) is 1. The van der Waals surface area contributed by atoms with Crippen molar-refractivity contribution in [2.45, 2.75) is 20.0 Å². The Morgan fingerprint density at radius 2 is 2.04 bits per heavy atom. The molecule has 3 rings (SSSR count). The average Bonchev–Trinajstić information content (AvgIpc) is 3.06. The minimum atomic E-state index is -1.06. The number of fused-ring (bicyclic) bond motifs is 1. The maximum Gasteiger partial charge on any atom is 0.331 e. The summed E-state index contributed by atoms with van der Waals surface area (Å²) in [4.78, 5) is 28.1. The number of oxazole rings is 1. The SMILES string of the molecule is Cc1ccc(NC(=O)[C@H](C)OC(=O)/C=C/c2nc3ccccc3o2)cc1F. The minimum Gasteiger partial charge on any atom is -0.449 e. The molecule has 6 nitrogen and oxygen atoms in total. The van der Waals surface area contributed by atoms with Crippen molar-refractivity contribution >= 4 is 34.7 Å². The summed E-state index contributed by atoms with van der Waals surface area (Å²) in [5, 5.41) is 2.50. The normalized spacial score (nSPS) is 12.3. The summed E-state index contributed by atoms with van der Waals surface area (Å²) < 4.78 is 24.0. The molecule has 0 bridgehead atoms. The Bertz CT molecular complexity index is 993. The molecule has 1 aromatic heterocycles. The molecule has 1 heterocycles. The fourth-order valence-corrected chi connectivity index (χ4v) is 2.28. The van der Waals surface area contributed by atoms with Crippen LogP contribution in [0.2, 0.25) is 0 Å². The van der Waals surface area contributed by atoms with E-state index in [2.05, 4.69) is 10.3 Å². The summed E-state index contributed by atoms with van der Waals surface area (Å²) in [6.45, 7) is 3.04. The van der Waals surface area contributed by atoms with Crippen LogP contribution in [0.1, 0.15) is 18.4 Å². The van der Waals surface area contributed by atoms with Crippen LogP contribution in [0, 0.1) is 12.7 Å². The largest absolute Gasteiger partial charge is 0.449 e. The van der Waals surface area contributed by atoms with Gasteiger partial charge >= 0.3 is 5.97 Å². The fourth-order valence-electron chi connectivity index (χ4n) is 2.28. The molecule has 0 saturated carbocycles. The third kappa shape index (κ3) is 4.58. The summed E-state index contributed by atoms with van der Waals surface area (Å²) in [6, 6.07) is 11.5. The number of hydrogen-bond acceptors (Lipinski definition) is 5. The van der Waals surface area contributed by atoms with E-state index >= 15 is 0 Å². The van der Waals surface area contributed by atoms with Gasteiger partial charge in [0, 0.05) is 17.8 Å². The zero-order chi connectivity index (χ0) is 19.4. The van der Waals surface area contributed by atoms with Gasteiger partial charge in [0.25, 0.3) is 5.91 Å². The lowest BCUT2D eigenvalue weighted by Gasteiger charge is -2.12. The van der Waals surface area contributed by atoms with E-state index in [9.17, 15) is 14.0 Å². The first kappa shape index (κ1) is 18.3. The second-order valence-electron chi connectivity index (χ2n) is 5.89. The van der Waals surface area contributed by atoms with Gasteiger partial charge in [0.1, 0.15) is 11.3 Å². The van der Waals surface area contributed by atoms with Crippen molar-refractivity contribution in [2.24, 2.45) is 0 Å². The molecule has 0 aliphatic heterocycles. The van der Waals surface area contributed by atoms with Crippen LogP contribution in [-0.4, -0.2) is 23.0 Å². The van der Waals surface area contributed by atoms with Gasteiger partial charge in [-0.15, -0.1) is 0 Å². The van der Waals surface area contributed by atoms with Crippen LogP contribution >= 0.6 is 0 Å². The monoisotopic (exact) mass is 368 g/mol. The Kier molecular flexibility index (Phi) is 5.30. The third-order valence-electron chi connectivity index (χ3n) is 3.77. The Balaban J connectivity index is 1.57.